The molecule has 0 aliphatic carbocycles. The van der Waals surface area contributed by atoms with Gasteiger partial charge in [-0.1, -0.05) is 20.3 Å². The van der Waals surface area contributed by atoms with E-state index in [-0.39, 0.29) is 18.1 Å². The van der Waals surface area contributed by atoms with E-state index in [0.29, 0.717) is 6.04 Å². The molecular weight excluding hydrogens is 228 g/mol. The highest BCUT2D eigenvalue weighted by molar-refractivity contribution is 5.82. The largest absolute Gasteiger partial charge is 0.380 e. The average molecular weight is 256 g/mol. The first-order valence-corrected chi connectivity index (χ1v) is 7.20. The van der Waals surface area contributed by atoms with Gasteiger partial charge >= 0.3 is 0 Å². The molecule has 18 heavy (non-hydrogen) atoms. The number of nitrogens with one attached hydrogen (secondary N) is 1. The Morgan fingerprint density at radius 1 is 1.50 bits per heavy atom. The molecule has 0 aromatic rings. The highest BCUT2D eigenvalue weighted by atomic mass is 16.5. The number of carbonyl (C=O) groups excluding carboxylic acids is 1. The van der Waals surface area contributed by atoms with Gasteiger partial charge < -0.3 is 15.0 Å². The number of rotatable bonds is 7. The summed E-state index contributed by atoms with van der Waals surface area (Å²) in [6.07, 6.45) is 4.20. The third-order valence-electron chi connectivity index (χ3n) is 3.88. The van der Waals surface area contributed by atoms with Crippen molar-refractivity contribution in [1.29, 1.82) is 0 Å². The second kappa shape index (κ2) is 7.74. The average Bonchev–Trinajstić information content (AvgIpc) is 2.87. The summed E-state index contributed by atoms with van der Waals surface area (Å²) in [5.74, 6) is 0.248. The van der Waals surface area contributed by atoms with Crippen LogP contribution in [0.1, 0.15) is 46.5 Å². The molecule has 1 fully saturated rings. The van der Waals surface area contributed by atoms with Gasteiger partial charge in [-0.05, 0) is 26.2 Å². The van der Waals surface area contributed by atoms with Crippen LogP contribution in [0.15, 0.2) is 0 Å². The third-order valence-corrected chi connectivity index (χ3v) is 3.88. The Balaban J connectivity index is 2.58. The van der Waals surface area contributed by atoms with E-state index in [9.17, 15) is 4.79 Å². The van der Waals surface area contributed by atoms with Crippen molar-refractivity contribution in [2.45, 2.75) is 64.6 Å². The number of ether oxygens (including phenoxy) is 1. The van der Waals surface area contributed by atoms with Gasteiger partial charge in [-0.2, -0.15) is 0 Å². The van der Waals surface area contributed by atoms with E-state index >= 15 is 0 Å². The van der Waals surface area contributed by atoms with Crippen LogP contribution in [0.3, 0.4) is 0 Å². The normalized spacial score (nSPS) is 25.1. The maximum absolute atomic E-state index is 12.5. The number of unbranched alkanes of at least 4 members (excludes halogenated alkanes) is 1. The first-order chi connectivity index (χ1) is 8.63. The molecule has 0 aromatic heterocycles. The molecule has 1 amide bonds. The number of methoxy groups -OCH3 is 1. The van der Waals surface area contributed by atoms with Crippen LogP contribution in [0.5, 0.6) is 0 Å². The molecule has 3 atom stereocenters. The van der Waals surface area contributed by atoms with Gasteiger partial charge in [-0.15, -0.1) is 0 Å². The Morgan fingerprint density at radius 3 is 2.72 bits per heavy atom. The Morgan fingerprint density at radius 2 is 2.22 bits per heavy atom. The van der Waals surface area contributed by atoms with Crippen molar-refractivity contribution in [2.24, 2.45) is 0 Å². The zero-order valence-corrected chi connectivity index (χ0v) is 12.2. The smallest absolute Gasteiger partial charge is 0.240 e. The standard InChI is InChI=1S/C14H28N2O2/c1-5-7-8-16(11(3)6-2)14(17)13-9-12(18-4)10-15-13/h11-13,15H,5-10H2,1-4H3. The van der Waals surface area contributed by atoms with Crippen LogP contribution in [0.4, 0.5) is 0 Å². The molecule has 1 saturated heterocycles. The number of hydrogen-bond donors (Lipinski definition) is 1. The number of nitrogens with zero attached hydrogens (tertiary/aromatic N) is 1. The van der Waals surface area contributed by atoms with Gasteiger partial charge in [0.2, 0.25) is 5.91 Å². The molecule has 106 valence electrons. The summed E-state index contributed by atoms with van der Waals surface area (Å²) in [5, 5.41) is 3.28. The van der Waals surface area contributed by atoms with Crippen molar-refractivity contribution in [3.63, 3.8) is 0 Å². The van der Waals surface area contributed by atoms with Crippen LogP contribution in [-0.2, 0) is 9.53 Å². The minimum atomic E-state index is -0.0548. The molecule has 0 spiro atoms. The fraction of sp³-hybridized carbons (Fsp3) is 0.929. The van der Waals surface area contributed by atoms with Crippen LogP contribution in [0.2, 0.25) is 0 Å². The summed E-state index contributed by atoms with van der Waals surface area (Å²) in [6, 6.07) is 0.272. The maximum Gasteiger partial charge on any atom is 0.240 e. The fourth-order valence-corrected chi connectivity index (χ4v) is 2.37. The van der Waals surface area contributed by atoms with Gasteiger partial charge in [0, 0.05) is 26.2 Å². The van der Waals surface area contributed by atoms with Crippen molar-refractivity contribution >= 4 is 5.91 Å². The molecule has 1 aliphatic rings. The summed E-state index contributed by atoms with van der Waals surface area (Å²) in [4.78, 5) is 14.6. The van der Waals surface area contributed by atoms with Crippen molar-refractivity contribution < 1.29 is 9.53 Å². The van der Waals surface area contributed by atoms with E-state index in [1.807, 2.05) is 4.90 Å². The zero-order chi connectivity index (χ0) is 13.5. The molecule has 0 bridgehead atoms. The van der Waals surface area contributed by atoms with E-state index in [4.69, 9.17) is 4.74 Å². The van der Waals surface area contributed by atoms with Gasteiger partial charge in [-0.25, -0.2) is 0 Å². The summed E-state index contributed by atoms with van der Waals surface area (Å²) < 4.78 is 5.31. The van der Waals surface area contributed by atoms with Crippen LogP contribution < -0.4 is 5.32 Å². The molecule has 0 radical (unpaired) electrons. The Labute approximate surface area is 111 Å². The summed E-state index contributed by atoms with van der Waals surface area (Å²) in [7, 11) is 1.71. The molecule has 1 rings (SSSR count). The Bertz CT molecular complexity index is 258. The monoisotopic (exact) mass is 256 g/mol. The lowest BCUT2D eigenvalue weighted by atomic mass is 10.1. The van der Waals surface area contributed by atoms with Crippen LogP contribution in [0.25, 0.3) is 0 Å². The summed E-state index contributed by atoms with van der Waals surface area (Å²) in [5.41, 5.74) is 0. The van der Waals surface area contributed by atoms with Crippen LogP contribution >= 0.6 is 0 Å². The van der Waals surface area contributed by atoms with Gasteiger partial charge in [0.05, 0.1) is 12.1 Å². The molecule has 1 heterocycles. The lowest BCUT2D eigenvalue weighted by Crippen LogP contribution is -2.47. The molecule has 4 heteroatoms. The van der Waals surface area contributed by atoms with Crippen molar-refractivity contribution in [3.8, 4) is 0 Å². The Hall–Kier alpha value is -0.610. The molecule has 0 saturated carbocycles. The SMILES string of the molecule is CCCCN(C(=O)C1CC(OC)CN1)C(C)CC. The molecule has 0 aromatic carbocycles. The Kier molecular flexibility index (Phi) is 6.65. The highest BCUT2D eigenvalue weighted by Gasteiger charge is 2.33. The van der Waals surface area contributed by atoms with Gasteiger partial charge in [0.25, 0.3) is 0 Å². The molecule has 4 nitrogen and oxygen atoms in total. The first-order valence-electron chi connectivity index (χ1n) is 7.20. The molecule has 3 unspecified atom stereocenters. The van der Waals surface area contributed by atoms with Gasteiger partial charge in [-0.3, -0.25) is 4.79 Å². The van der Waals surface area contributed by atoms with E-state index in [0.717, 1.165) is 38.8 Å². The molecule has 1 N–H and O–H groups in total. The van der Waals surface area contributed by atoms with Crippen molar-refractivity contribution in [2.75, 3.05) is 20.2 Å². The van der Waals surface area contributed by atoms with E-state index < -0.39 is 0 Å². The van der Waals surface area contributed by atoms with Crippen molar-refractivity contribution in [1.82, 2.24) is 10.2 Å². The van der Waals surface area contributed by atoms with Gasteiger partial charge in [0.1, 0.15) is 0 Å². The second-order valence-electron chi connectivity index (χ2n) is 5.20. The first kappa shape index (κ1) is 15.4. The fourth-order valence-electron chi connectivity index (χ4n) is 2.37. The topological polar surface area (TPSA) is 41.6 Å². The predicted octanol–water partition coefficient (Wildman–Crippen LogP) is 1.79. The minimum absolute atomic E-state index is 0.0548. The minimum Gasteiger partial charge on any atom is -0.380 e. The van der Waals surface area contributed by atoms with Crippen molar-refractivity contribution in [3.05, 3.63) is 0 Å². The number of hydrogen-bond acceptors (Lipinski definition) is 3. The lowest BCUT2D eigenvalue weighted by Gasteiger charge is -2.31. The number of amides is 1. The summed E-state index contributed by atoms with van der Waals surface area (Å²) >= 11 is 0. The summed E-state index contributed by atoms with van der Waals surface area (Å²) in [6.45, 7) is 8.09. The van der Waals surface area contributed by atoms with Crippen LogP contribution in [0, 0.1) is 0 Å². The second-order valence-corrected chi connectivity index (χ2v) is 5.20. The predicted molar refractivity (Wildman–Crippen MR) is 73.6 cm³/mol. The van der Waals surface area contributed by atoms with Gasteiger partial charge in [0.15, 0.2) is 0 Å². The highest BCUT2D eigenvalue weighted by Crippen LogP contribution is 2.15. The number of carbonyl (C=O) groups is 1. The molecule has 1 aliphatic heterocycles. The lowest BCUT2D eigenvalue weighted by molar-refractivity contribution is -0.135. The zero-order valence-electron chi connectivity index (χ0n) is 12.2. The van der Waals surface area contributed by atoms with E-state index in [2.05, 4.69) is 26.1 Å². The third kappa shape index (κ3) is 3.95. The molecular formula is C14H28N2O2. The quantitative estimate of drug-likeness (QED) is 0.755. The maximum atomic E-state index is 12.5. The van der Waals surface area contributed by atoms with E-state index in [1.165, 1.54) is 0 Å². The van der Waals surface area contributed by atoms with Crippen LogP contribution in [-0.4, -0.2) is 49.2 Å². The van der Waals surface area contributed by atoms with E-state index in [1.54, 1.807) is 7.11 Å².